The molecular weight excluding hydrogens is 242 g/mol. The maximum atomic E-state index is 12.0. The van der Waals surface area contributed by atoms with E-state index in [-0.39, 0.29) is 29.7 Å². The first kappa shape index (κ1) is 14.9. The normalized spacial score (nSPS) is 9.89. The van der Waals surface area contributed by atoms with Gasteiger partial charge in [-0.25, -0.2) is 4.79 Å². The van der Waals surface area contributed by atoms with Gasteiger partial charge in [-0.05, 0) is 5.56 Å². The molecule has 0 radical (unpaired) electrons. The first-order valence-electron chi connectivity index (χ1n) is 6.09. The Bertz CT molecular complexity index is 540. The molecule has 0 aliphatic rings. The van der Waals surface area contributed by atoms with Crippen molar-refractivity contribution in [3.8, 4) is 0 Å². The lowest BCUT2D eigenvalue weighted by Crippen LogP contribution is -2.21. The molecule has 0 aromatic heterocycles. The lowest BCUT2D eigenvalue weighted by atomic mass is 9.96. The van der Waals surface area contributed by atoms with Gasteiger partial charge >= 0.3 is 0 Å². The van der Waals surface area contributed by atoms with Crippen molar-refractivity contribution in [2.45, 2.75) is 27.3 Å². The van der Waals surface area contributed by atoms with E-state index >= 15 is 0 Å². The molecule has 1 N–H and O–H groups in total. The van der Waals surface area contributed by atoms with Crippen molar-refractivity contribution in [2.75, 3.05) is 0 Å². The second-order valence-electron chi connectivity index (χ2n) is 4.56. The van der Waals surface area contributed by atoms with Gasteiger partial charge in [0.25, 0.3) is 0 Å². The molecule has 1 aromatic rings. The predicted octanol–water partition coefficient (Wildman–Crippen LogP) is 1.92. The smallest absolute Gasteiger partial charge is 0.187 e. The quantitative estimate of drug-likeness (QED) is 0.481. The van der Waals surface area contributed by atoms with E-state index in [4.69, 9.17) is 0 Å². The number of hydrogen-bond donors (Lipinski definition) is 1. The molecule has 0 aliphatic heterocycles. The molecule has 0 fully saturated rings. The van der Waals surface area contributed by atoms with E-state index in [1.54, 1.807) is 24.1 Å². The first-order chi connectivity index (χ1) is 8.97. The van der Waals surface area contributed by atoms with E-state index in [1.165, 1.54) is 6.92 Å². The van der Waals surface area contributed by atoms with Crippen LogP contribution in [0.4, 0.5) is 0 Å². The molecule has 0 bridgehead atoms. The summed E-state index contributed by atoms with van der Waals surface area (Å²) in [6.45, 7) is 5.20. The number of rotatable bonds is 6. The summed E-state index contributed by atoms with van der Waals surface area (Å²) in [7, 11) is 0. The van der Waals surface area contributed by atoms with Crippen molar-refractivity contribution in [1.29, 1.82) is 0 Å². The highest BCUT2D eigenvalue weighted by atomic mass is 16.1. The average molecular weight is 259 g/mol. The van der Waals surface area contributed by atoms with E-state index in [2.05, 4.69) is 5.32 Å². The molecule has 100 valence electrons. The summed E-state index contributed by atoms with van der Waals surface area (Å²) in [6.07, 6.45) is 0. The standard InChI is InChI=1S/C15H17NO3/c1-10(2)15(19)13-7-5-4-6-12(13)8-16-14(9-17)11(3)18/h4-7,10,16H,8H2,1-3H3. The van der Waals surface area contributed by atoms with Crippen LogP contribution in [0.25, 0.3) is 0 Å². The second-order valence-corrected chi connectivity index (χ2v) is 4.56. The van der Waals surface area contributed by atoms with Crippen molar-refractivity contribution in [3.05, 3.63) is 41.1 Å². The molecule has 0 aliphatic carbocycles. The van der Waals surface area contributed by atoms with Gasteiger partial charge in [-0.3, -0.25) is 9.59 Å². The summed E-state index contributed by atoms with van der Waals surface area (Å²) in [6, 6.07) is 7.15. The molecule has 4 heteroatoms. The summed E-state index contributed by atoms with van der Waals surface area (Å²) in [5, 5.41) is 2.71. The van der Waals surface area contributed by atoms with Crippen LogP contribution in [0.2, 0.25) is 0 Å². The number of Topliss-reactive ketones (excluding diaryl/α,β-unsaturated/α-hetero) is 2. The van der Waals surface area contributed by atoms with Gasteiger partial charge in [-0.2, -0.15) is 0 Å². The average Bonchev–Trinajstić information content (AvgIpc) is 2.38. The third kappa shape index (κ3) is 3.90. The summed E-state index contributed by atoms with van der Waals surface area (Å²) >= 11 is 0. The van der Waals surface area contributed by atoms with Crippen LogP contribution in [-0.2, 0) is 16.1 Å². The van der Waals surface area contributed by atoms with Gasteiger partial charge in [0.2, 0.25) is 0 Å². The Morgan fingerprint density at radius 1 is 1.26 bits per heavy atom. The number of nitrogens with one attached hydrogen (secondary N) is 1. The topological polar surface area (TPSA) is 63.2 Å². The summed E-state index contributed by atoms with van der Waals surface area (Å²) in [5.41, 5.74) is 1.26. The molecule has 4 nitrogen and oxygen atoms in total. The number of carbonyl (C=O) groups is 2. The minimum absolute atomic E-state index is 0.0388. The highest BCUT2D eigenvalue weighted by molar-refractivity contribution is 6.00. The molecule has 1 aromatic carbocycles. The Kier molecular flexibility index (Phi) is 5.22. The zero-order valence-electron chi connectivity index (χ0n) is 11.3. The van der Waals surface area contributed by atoms with Crippen LogP contribution >= 0.6 is 0 Å². The third-order valence-corrected chi connectivity index (χ3v) is 2.72. The molecule has 0 saturated carbocycles. The lowest BCUT2D eigenvalue weighted by molar-refractivity contribution is -0.113. The number of carbonyl (C=O) groups excluding carboxylic acids is 3. The molecule has 0 saturated heterocycles. The van der Waals surface area contributed by atoms with Crippen LogP contribution < -0.4 is 5.32 Å². The Hall–Kier alpha value is -2.19. The van der Waals surface area contributed by atoms with Crippen molar-refractivity contribution in [2.24, 2.45) is 5.92 Å². The van der Waals surface area contributed by atoms with E-state index in [0.29, 0.717) is 5.56 Å². The van der Waals surface area contributed by atoms with Crippen LogP contribution in [0.15, 0.2) is 30.0 Å². The van der Waals surface area contributed by atoms with E-state index in [0.717, 1.165) is 5.56 Å². The van der Waals surface area contributed by atoms with Crippen LogP contribution in [0, 0.1) is 5.92 Å². The van der Waals surface area contributed by atoms with Gasteiger partial charge in [0.1, 0.15) is 0 Å². The fourth-order valence-corrected chi connectivity index (χ4v) is 1.64. The molecule has 1 rings (SSSR count). The number of benzene rings is 1. The van der Waals surface area contributed by atoms with Gasteiger partial charge in [0.15, 0.2) is 23.2 Å². The Morgan fingerprint density at radius 3 is 2.42 bits per heavy atom. The predicted molar refractivity (Wildman–Crippen MR) is 72.3 cm³/mol. The first-order valence-corrected chi connectivity index (χ1v) is 6.09. The Labute approximate surface area is 112 Å². The molecule has 0 atom stereocenters. The zero-order chi connectivity index (χ0) is 14.4. The molecular formula is C15H17NO3. The molecule has 0 heterocycles. The summed E-state index contributed by atoms with van der Waals surface area (Å²) in [5.74, 6) is 1.13. The summed E-state index contributed by atoms with van der Waals surface area (Å²) < 4.78 is 0. The number of ketones is 2. The maximum absolute atomic E-state index is 12.0. The Morgan fingerprint density at radius 2 is 1.89 bits per heavy atom. The number of allylic oxidation sites excluding steroid dienone is 1. The van der Waals surface area contributed by atoms with Gasteiger partial charge in [0, 0.05) is 24.9 Å². The minimum atomic E-state index is -0.373. The molecule has 19 heavy (non-hydrogen) atoms. The number of hydrogen-bond acceptors (Lipinski definition) is 4. The minimum Gasteiger partial charge on any atom is -0.369 e. The van der Waals surface area contributed by atoms with Crippen molar-refractivity contribution in [1.82, 2.24) is 5.32 Å². The van der Waals surface area contributed by atoms with Gasteiger partial charge in [-0.15, -0.1) is 0 Å². The molecule has 0 unspecified atom stereocenters. The molecule has 0 spiro atoms. The lowest BCUT2D eigenvalue weighted by Gasteiger charge is -2.11. The maximum Gasteiger partial charge on any atom is 0.187 e. The van der Waals surface area contributed by atoms with E-state index < -0.39 is 0 Å². The van der Waals surface area contributed by atoms with Gasteiger partial charge in [0.05, 0.1) is 0 Å². The van der Waals surface area contributed by atoms with Crippen LogP contribution in [0.1, 0.15) is 36.7 Å². The highest BCUT2D eigenvalue weighted by Crippen LogP contribution is 2.14. The molecule has 0 amide bonds. The third-order valence-electron chi connectivity index (χ3n) is 2.72. The van der Waals surface area contributed by atoms with Gasteiger partial charge < -0.3 is 5.32 Å². The van der Waals surface area contributed by atoms with E-state index in [9.17, 15) is 14.4 Å². The fourth-order valence-electron chi connectivity index (χ4n) is 1.64. The largest absolute Gasteiger partial charge is 0.369 e. The van der Waals surface area contributed by atoms with Crippen molar-refractivity contribution in [3.63, 3.8) is 0 Å². The monoisotopic (exact) mass is 259 g/mol. The van der Waals surface area contributed by atoms with E-state index in [1.807, 2.05) is 19.9 Å². The summed E-state index contributed by atoms with van der Waals surface area (Å²) in [4.78, 5) is 33.7. The van der Waals surface area contributed by atoms with Gasteiger partial charge in [-0.1, -0.05) is 38.1 Å². The Balaban J connectivity index is 2.94. The SMILES string of the molecule is CC(=O)C(=C=O)NCc1ccccc1C(=O)C(C)C. The highest BCUT2D eigenvalue weighted by Gasteiger charge is 2.14. The second kappa shape index (κ2) is 6.66. The van der Waals surface area contributed by atoms with Crippen LogP contribution in [0.3, 0.4) is 0 Å². The van der Waals surface area contributed by atoms with Crippen molar-refractivity contribution >= 4 is 17.5 Å². The van der Waals surface area contributed by atoms with Crippen LogP contribution in [-0.4, -0.2) is 17.5 Å². The fraction of sp³-hybridized carbons (Fsp3) is 0.333. The van der Waals surface area contributed by atoms with Crippen molar-refractivity contribution < 1.29 is 14.4 Å². The zero-order valence-corrected chi connectivity index (χ0v) is 11.3. The van der Waals surface area contributed by atoms with Crippen LogP contribution in [0.5, 0.6) is 0 Å².